The highest BCUT2D eigenvalue weighted by Gasteiger charge is 2.20. The van der Waals surface area contributed by atoms with Crippen LogP contribution in [0.3, 0.4) is 0 Å². The topological polar surface area (TPSA) is 78.4 Å². The molecule has 19 heavy (non-hydrogen) atoms. The SMILES string of the molecule is Cc1ccc(NC(=O)NC(C)C(C)C(=O)O)cc1Br. The van der Waals surface area contributed by atoms with Crippen molar-refractivity contribution in [3.8, 4) is 0 Å². The van der Waals surface area contributed by atoms with Crippen LogP contribution in [-0.4, -0.2) is 23.1 Å². The van der Waals surface area contributed by atoms with Crippen LogP contribution in [-0.2, 0) is 4.79 Å². The number of hydrogen-bond donors (Lipinski definition) is 3. The molecule has 0 aliphatic heterocycles. The summed E-state index contributed by atoms with van der Waals surface area (Å²) < 4.78 is 0.900. The van der Waals surface area contributed by atoms with Gasteiger partial charge in [-0.2, -0.15) is 0 Å². The molecule has 2 amide bonds. The van der Waals surface area contributed by atoms with Gasteiger partial charge in [-0.05, 0) is 38.5 Å². The van der Waals surface area contributed by atoms with Gasteiger partial charge in [-0.15, -0.1) is 0 Å². The van der Waals surface area contributed by atoms with Crippen molar-refractivity contribution >= 4 is 33.6 Å². The first-order valence-corrected chi connectivity index (χ1v) is 6.67. The fourth-order valence-corrected chi connectivity index (χ4v) is 1.76. The quantitative estimate of drug-likeness (QED) is 0.795. The number of urea groups is 1. The molecule has 2 unspecified atom stereocenters. The molecular formula is C13H17BrN2O3. The van der Waals surface area contributed by atoms with Crippen molar-refractivity contribution in [3.05, 3.63) is 28.2 Å². The Labute approximate surface area is 120 Å². The molecule has 0 aliphatic rings. The van der Waals surface area contributed by atoms with Crippen LogP contribution in [0.5, 0.6) is 0 Å². The normalized spacial score (nSPS) is 13.5. The van der Waals surface area contributed by atoms with Crippen LogP contribution in [0.15, 0.2) is 22.7 Å². The summed E-state index contributed by atoms with van der Waals surface area (Å²) in [5.41, 5.74) is 1.71. The molecule has 1 aromatic rings. The fraction of sp³-hybridized carbons (Fsp3) is 0.385. The van der Waals surface area contributed by atoms with Crippen LogP contribution in [0, 0.1) is 12.8 Å². The molecule has 0 aliphatic carbocycles. The fourth-order valence-electron chi connectivity index (χ4n) is 1.38. The number of benzene rings is 1. The summed E-state index contributed by atoms with van der Waals surface area (Å²) in [6.07, 6.45) is 0. The van der Waals surface area contributed by atoms with Crippen molar-refractivity contribution in [2.45, 2.75) is 26.8 Å². The number of aliphatic carboxylic acids is 1. The van der Waals surface area contributed by atoms with Crippen LogP contribution >= 0.6 is 15.9 Å². The van der Waals surface area contributed by atoms with Gasteiger partial charge >= 0.3 is 12.0 Å². The van der Waals surface area contributed by atoms with Gasteiger partial charge in [0.25, 0.3) is 0 Å². The van der Waals surface area contributed by atoms with E-state index in [1.165, 1.54) is 0 Å². The lowest BCUT2D eigenvalue weighted by Crippen LogP contribution is -2.42. The largest absolute Gasteiger partial charge is 0.481 e. The number of aryl methyl sites for hydroxylation is 1. The molecule has 0 fully saturated rings. The summed E-state index contributed by atoms with van der Waals surface area (Å²) in [7, 11) is 0. The van der Waals surface area contributed by atoms with E-state index in [1.807, 2.05) is 13.0 Å². The Hall–Kier alpha value is -1.56. The number of carbonyl (C=O) groups excluding carboxylic acids is 1. The van der Waals surface area contributed by atoms with E-state index in [9.17, 15) is 9.59 Å². The second kappa shape index (κ2) is 6.56. The third-order valence-corrected chi connectivity index (χ3v) is 3.78. The van der Waals surface area contributed by atoms with E-state index in [1.54, 1.807) is 26.0 Å². The molecule has 2 atom stereocenters. The maximum atomic E-state index is 11.7. The zero-order valence-corrected chi connectivity index (χ0v) is 12.6. The van der Waals surface area contributed by atoms with Crippen LogP contribution in [0.4, 0.5) is 10.5 Å². The minimum absolute atomic E-state index is 0.420. The lowest BCUT2D eigenvalue weighted by Gasteiger charge is -2.18. The van der Waals surface area contributed by atoms with Gasteiger partial charge in [0, 0.05) is 16.2 Å². The van der Waals surface area contributed by atoms with E-state index in [0.29, 0.717) is 5.69 Å². The Bertz CT molecular complexity index is 491. The summed E-state index contributed by atoms with van der Waals surface area (Å²) in [5.74, 6) is -1.58. The molecule has 6 heteroatoms. The average Bonchev–Trinajstić information content (AvgIpc) is 2.32. The highest BCUT2D eigenvalue weighted by molar-refractivity contribution is 9.10. The minimum Gasteiger partial charge on any atom is -0.481 e. The Morgan fingerprint density at radius 3 is 2.47 bits per heavy atom. The lowest BCUT2D eigenvalue weighted by atomic mass is 10.0. The first-order chi connectivity index (χ1) is 8.81. The highest BCUT2D eigenvalue weighted by Crippen LogP contribution is 2.20. The predicted molar refractivity (Wildman–Crippen MR) is 77.3 cm³/mol. The Balaban J connectivity index is 2.60. The highest BCUT2D eigenvalue weighted by atomic mass is 79.9. The van der Waals surface area contributed by atoms with Gasteiger partial charge in [0.2, 0.25) is 0 Å². The number of amides is 2. The van der Waals surface area contributed by atoms with Crippen LogP contribution in [0.1, 0.15) is 19.4 Å². The molecule has 0 bridgehead atoms. The van der Waals surface area contributed by atoms with Crippen molar-refractivity contribution < 1.29 is 14.7 Å². The number of carboxylic acid groups (broad SMARTS) is 1. The van der Waals surface area contributed by atoms with E-state index < -0.39 is 24.0 Å². The molecule has 1 rings (SSSR count). The molecule has 0 saturated heterocycles. The molecule has 1 aromatic carbocycles. The second-order valence-corrected chi connectivity index (χ2v) is 5.33. The lowest BCUT2D eigenvalue weighted by molar-refractivity contribution is -0.141. The predicted octanol–water partition coefficient (Wildman–Crippen LogP) is 2.99. The van der Waals surface area contributed by atoms with E-state index in [-0.39, 0.29) is 0 Å². The molecular weight excluding hydrogens is 312 g/mol. The molecule has 0 aromatic heterocycles. The van der Waals surface area contributed by atoms with Crippen LogP contribution in [0.2, 0.25) is 0 Å². The van der Waals surface area contributed by atoms with Crippen LogP contribution in [0.25, 0.3) is 0 Å². The third-order valence-electron chi connectivity index (χ3n) is 2.93. The summed E-state index contributed by atoms with van der Waals surface area (Å²) in [6, 6.07) is 4.58. The van der Waals surface area contributed by atoms with Gasteiger partial charge in [-0.25, -0.2) is 4.79 Å². The minimum atomic E-state index is -0.939. The smallest absolute Gasteiger partial charge is 0.319 e. The molecule has 3 N–H and O–H groups in total. The first kappa shape index (κ1) is 15.5. The third kappa shape index (κ3) is 4.55. The number of rotatable bonds is 4. The molecule has 0 radical (unpaired) electrons. The zero-order chi connectivity index (χ0) is 14.6. The molecule has 104 valence electrons. The van der Waals surface area contributed by atoms with Crippen molar-refractivity contribution in [1.82, 2.24) is 5.32 Å². The van der Waals surface area contributed by atoms with Gasteiger partial charge in [-0.3, -0.25) is 4.79 Å². The average molecular weight is 329 g/mol. The van der Waals surface area contributed by atoms with Crippen LogP contribution < -0.4 is 10.6 Å². The van der Waals surface area contributed by atoms with E-state index in [0.717, 1.165) is 10.0 Å². The Morgan fingerprint density at radius 2 is 1.95 bits per heavy atom. The van der Waals surface area contributed by atoms with Crippen molar-refractivity contribution in [2.24, 2.45) is 5.92 Å². The monoisotopic (exact) mass is 328 g/mol. The van der Waals surface area contributed by atoms with Gasteiger partial charge in [0.05, 0.1) is 5.92 Å². The summed E-state index contributed by atoms with van der Waals surface area (Å²) in [4.78, 5) is 22.5. The number of anilines is 1. The van der Waals surface area contributed by atoms with Crippen molar-refractivity contribution in [3.63, 3.8) is 0 Å². The summed E-state index contributed by atoms with van der Waals surface area (Å²) in [6.45, 7) is 5.16. The van der Waals surface area contributed by atoms with E-state index >= 15 is 0 Å². The van der Waals surface area contributed by atoms with Gasteiger partial charge in [0.1, 0.15) is 0 Å². The van der Waals surface area contributed by atoms with Gasteiger partial charge < -0.3 is 15.7 Å². The Kier molecular flexibility index (Phi) is 5.35. The number of carbonyl (C=O) groups is 2. The number of carboxylic acids is 1. The van der Waals surface area contributed by atoms with Gasteiger partial charge in [-0.1, -0.05) is 22.0 Å². The maximum Gasteiger partial charge on any atom is 0.319 e. The summed E-state index contributed by atoms with van der Waals surface area (Å²) >= 11 is 3.38. The van der Waals surface area contributed by atoms with Crippen molar-refractivity contribution in [1.29, 1.82) is 0 Å². The van der Waals surface area contributed by atoms with Gasteiger partial charge in [0.15, 0.2) is 0 Å². The number of nitrogens with one attached hydrogen (secondary N) is 2. The standard InChI is InChI=1S/C13H17BrN2O3/c1-7-4-5-10(6-11(7)14)16-13(19)15-9(3)8(2)12(17)18/h4-6,8-9H,1-3H3,(H,17,18)(H2,15,16,19). The number of halogens is 1. The first-order valence-electron chi connectivity index (χ1n) is 5.87. The molecule has 0 saturated carbocycles. The summed E-state index contributed by atoms with van der Waals surface area (Å²) in [5, 5.41) is 14.1. The van der Waals surface area contributed by atoms with E-state index in [4.69, 9.17) is 5.11 Å². The zero-order valence-electron chi connectivity index (χ0n) is 11.0. The molecule has 0 spiro atoms. The molecule has 5 nitrogen and oxygen atoms in total. The van der Waals surface area contributed by atoms with Crippen molar-refractivity contribution in [2.75, 3.05) is 5.32 Å². The van der Waals surface area contributed by atoms with E-state index in [2.05, 4.69) is 26.6 Å². The molecule has 0 heterocycles. The maximum absolute atomic E-state index is 11.7. The number of hydrogen-bond acceptors (Lipinski definition) is 2. The Morgan fingerprint density at radius 1 is 1.32 bits per heavy atom. The second-order valence-electron chi connectivity index (χ2n) is 4.48.